The van der Waals surface area contributed by atoms with Gasteiger partial charge < -0.3 is 14.2 Å². The monoisotopic (exact) mass is 281 g/mol. The van der Waals surface area contributed by atoms with E-state index in [0.29, 0.717) is 38.3 Å². The molecule has 0 N–H and O–H groups in total. The van der Waals surface area contributed by atoms with Gasteiger partial charge in [-0.05, 0) is 37.5 Å². The highest BCUT2D eigenvalue weighted by molar-refractivity contribution is 4.95. The van der Waals surface area contributed by atoms with E-state index in [1.54, 1.807) is 7.11 Å². The molecule has 0 radical (unpaired) electrons. The van der Waals surface area contributed by atoms with Gasteiger partial charge in [0.15, 0.2) is 0 Å². The number of hydrogen-bond donors (Lipinski definition) is 0. The van der Waals surface area contributed by atoms with Gasteiger partial charge in [-0.15, -0.1) is 0 Å². The van der Waals surface area contributed by atoms with E-state index in [9.17, 15) is 0 Å². The topological polar surface area (TPSA) is 51.5 Å². The lowest BCUT2D eigenvalue weighted by Gasteiger charge is -2.22. The summed E-state index contributed by atoms with van der Waals surface area (Å²) in [5.74, 6) is 0.911. The van der Waals surface area contributed by atoms with Crippen LogP contribution in [0.2, 0.25) is 0 Å². The summed E-state index contributed by atoms with van der Waals surface area (Å²) in [6.07, 6.45) is 9.44. The molecule has 0 unspecified atom stereocenters. The SMILES string of the molecule is CC/C=C\C[C@H]1[C@@H](CC#N)CC[C@H]1OCOCCOC. The Labute approximate surface area is 122 Å². The molecule has 0 aromatic heterocycles. The molecule has 0 bridgehead atoms. The van der Waals surface area contributed by atoms with Gasteiger partial charge in [-0.3, -0.25) is 0 Å². The molecule has 20 heavy (non-hydrogen) atoms. The van der Waals surface area contributed by atoms with Crippen LogP contribution in [0, 0.1) is 23.2 Å². The Kier molecular flexibility index (Phi) is 9.31. The summed E-state index contributed by atoms with van der Waals surface area (Å²) in [7, 11) is 1.66. The lowest BCUT2D eigenvalue weighted by Crippen LogP contribution is -2.23. The minimum atomic E-state index is 0.220. The quantitative estimate of drug-likeness (QED) is 0.350. The first-order chi connectivity index (χ1) is 9.83. The van der Waals surface area contributed by atoms with Crippen molar-refractivity contribution in [1.82, 2.24) is 0 Å². The van der Waals surface area contributed by atoms with Crippen LogP contribution in [0.15, 0.2) is 12.2 Å². The van der Waals surface area contributed by atoms with Crippen molar-refractivity contribution in [2.75, 3.05) is 27.1 Å². The number of rotatable bonds is 10. The Morgan fingerprint density at radius 1 is 1.25 bits per heavy atom. The first kappa shape index (κ1) is 17.2. The highest BCUT2D eigenvalue weighted by atomic mass is 16.7. The van der Waals surface area contributed by atoms with Crippen molar-refractivity contribution in [3.05, 3.63) is 12.2 Å². The first-order valence-electron chi connectivity index (χ1n) is 7.53. The Morgan fingerprint density at radius 2 is 2.10 bits per heavy atom. The molecule has 0 aliphatic heterocycles. The number of nitrogens with zero attached hydrogens (tertiary/aromatic N) is 1. The second-order valence-corrected chi connectivity index (χ2v) is 5.20. The van der Waals surface area contributed by atoms with Gasteiger partial charge in [-0.25, -0.2) is 0 Å². The number of allylic oxidation sites excluding steroid dienone is 2. The van der Waals surface area contributed by atoms with Crippen LogP contribution in [-0.2, 0) is 14.2 Å². The second-order valence-electron chi connectivity index (χ2n) is 5.20. The number of ether oxygens (including phenoxy) is 3. The van der Waals surface area contributed by atoms with Crippen LogP contribution in [0.1, 0.15) is 39.0 Å². The summed E-state index contributed by atoms with van der Waals surface area (Å²) in [6.45, 7) is 3.61. The fourth-order valence-electron chi connectivity index (χ4n) is 2.79. The van der Waals surface area contributed by atoms with E-state index in [2.05, 4.69) is 25.1 Å². The smallest absolute Gasteiger partial charge is 0.147 e. The summed E-state index contributed by atoms with van der Waals surface area (Å²) >= 11 is 0. The van der Waals surface area contributed by atoms with Crippen molar-refractivity contribution in [3.63, 3.8) is 0 Å². The van der Waals surface area contributed by atoms with E-state index in [1.165, 1.54) is 0 Å². The van der Waals surface area contributed by atoms with Crippen LogP contribution >= 0.6 is 0 Å². The van der Waals surface area contributed by atoms with Gasteiger partial charge in [0.2, 0.25) is 0 Å². The summed E-state index contributed by atoms with van der Waals surface area (Å²) < 4.78 is 16.1. The maximum atomic E-state index is 8.93. The van der Waals surface area contributed by atoms with Gasteiger partial charge in [0.05, 0.1) is 25.4 Å². The molecule has 1 aliphatic carbocycles. The normalized spacial score (nSPS) is 26.1. The molecule has 114 valence electrons. The summed E-state index contributed by atoms with van der Waals surface area (Å²) in [4.78, 5) is 0. The molecule has 1 saturated carbocycles. The third kappa shape index (κ3) is 6.04. The highest BCUT2D eigenvalue weighted by Gasteiger charge is 2.35. The van der Waals surface area contributed by atoms with Gasteiger partial charge in [0.25, 0.3) is 0 Å². The van der Waals surface area contributed by atoms with E-state index < -0.39 is 0 Å². The second kappa shape index (κ2) is 10.8. The molecule has 1 rings (SSSR count). The lowest BCUT2D eigenvalue weighted by molar-refractivity contribution is -0.108. The van der Waals surface area contributed by atoms with Gasteiger partial charge in [0.1, 0.15) is 6.79 Å². The van der Waals surface area contributed by atoms with E-state index >= 15 is 0 Å². The zero-order valence-electron chi connectivity index (χ0n) is 12.7. The lowest BCUT2D eigenvalue weighted by atomic mass is 9.89. The fraction of sp³-hybridized carbons (Fsp3) is 0.812. The average Bonchev–Trinajstić information content (AvgIpc) is 2.82. The van der Waals surface area contributed by atoms with Gasteiger partial charge >= 0.3 is 0 Å². The van der Waals surface area contributed by atoms with Gasteiger partial charge in [-0.1, -0.05) is 19.1 Å². The Hall–Kier alpha value is -0.890. The predicted octanol–water partition coefficient (Wildman–Crippen LogP) is 3.29. The van der Waals surface area contributed by atoms with Crippen LogP contribution in [0.25, 0.3) is 0 Å². The number of nitriles is 1. The predicted molar refractivity (Wildman–Crippen MR) is 78.1 cm³/mol. The molecule has 0 spiro atoms. The third-order valence-electron chi connectivity index (χ3n) is 3.87. The molecule has 0 saturated heterocycles. The average molecular weight is 281 g/mol. The van der Waals surface area contributed by atoms with Crippen molar-refractivity contribution >= 4 is 0 Å². The van der Waals surface area contributed by atoms with Crippen LogP contribution in [0.4, 0.5) is 0 Å². The summed E-state index contributed by atoms with van der Waals surface area (Å²) in [6, 6.07) is 2.31. The van der Waals surface area contributed by atoms with Crippen LogP contribution < -0.4 is 0 Å². The van der Waals surface area contributed by atoms with E-state index in [4.69, 9.17) is 19.5 Å². The fourth-order valence-corrected chi connectivity index (χ4v) is 2.79. The molecule has 0 heterocycles. The third-order valence-corrected chi connectivity index (χ3v) is 3.87. The Bertz CT molecular complexity index is 311. The number of methoxy groups -OCH3 is 1. The van der Waals surface area contributed by atoms with Crippen LogP contribution in [0.3, 0.4) is 0 Å². The summed E-state index contributed by atoms with van der Waals surface area (Å²) in [5, 5.41) is 8.93. The van der Waals surface area contributed by atoms with Crippen molar-refractivity contribution < 1.29 is 14.2 Å². The Morgan fingerprint density at radius 3 is 2.80 bits per heavy atom. The highest BCUT2D eigenvalue weighted by Crippen LogP contribution is 2.38. The van der Waals surface area contributed by atoms with Crippen LogP contribution in [-0.4, -0.2) is 33.2 Å². The molecule has 0 aromatic carbocycles. The van der Waals surface area contributed by atoms with E-state index in [0.717, 1.165) is 25.7 Å². The van der Waals surface area contributed by atoms with E-state index in [-0.39, 0.29) is 6.10 Å². The largest absolute Gasteiger partial charge is 0.382 e. The molecule has 4 nitrogen and oxygen atoms in total. The maximum Gasteiger partial charge on any atom is 0.147 e. The van der Waals surface area contributed by atoms with Crippen molar-refractivity contribution in [1.29, 1.82) is 5.26 Å². The molecule has 1 aliphatic rings. The maximum absolute atomic E-state index is 8.93. The van der Waals surface area contributed by atoms with Gasteiger partial charge in [0, 0.05) is 13.5 Å². The molecular weight excluding hydrogens is 254 g/mol. The standard InChI is InChI=1S/C16H27NO3/c1-3-4-5-6-15-14(9-10-17)7-8-16(15)20-13-19-12-11-18-2/h4-5,14-16H,3,6-9,11-13H2,1-2H3/b5-4-/t14-,15+,16-/m1/s1. The molecule has 0 amide bonds. The van der Waals surface area contributed by atoms with Crippen molar-refractivity contribution in [2.24, 2.45) is 11.8 Å². The zero-order valence-corrected chi connectivity index (χ0v) is 12.7. The van der Waals surface area contributed by atoms with Crippen molar-refractivity contribution in [3.8, 4) is 6.07 Å². The minimum Gasteiger partial charge on any atom is -0.382 e. The minimum absolute atomic E-state index is 0.220. The van der Waals surface area contributed by atoms with Crippen LogP contribution in [0.5, 0.6) is 0 Å². The molecule has 3 atom stereocenters. The van der Waals surface area contributed by atoms with Crippen molar-refractivity contribution in [2.45, 2.75) is 45.1 Å². The van der Waals surface area contributed by atoms with E-state index in [1.807, 2.05) is 0 Å². The molecule has 1 fully saturated rings. The first-order valence-corrected chi connectivity index (χ1v) is 7.53. The zero-order chi connectivity index (χ0) is 14.6. The van der Waals surface area contributed by atoms with Gasteiger partial charge in [-0.2, -0.15) is 5.26 Å². The molecular formula is C16H27NO3. The molecule has 0 aromatic rings. The molecule has 4 heteroatoms. The number of hydrogen-bond acceptors (Lipinski definition) is 4. The summed E-state index contributed by atoms with van der Waals surface area (Å²) in [5.41, 5.74) is 0. The Balaban J connectivity index is 2.38.